The predicted octanol–water partition coefficient (Wildman–Crippen LogP) is 5.10. The molecule has 3 heteroatoms. The predicted molar refractivity (Wildman–Crippen MR) is 93.5 cm³/mol. The van der Waals surface area contributed by atoms with Crippen molar-refractivity contribution in [1.29, 1.82) is 0 Å². The van der Waals surface area contributed by atoms with Crippen LogP contribution in [0.2, 0.25) is 18.1 Å². The van der Waals surface area contributed by atoms with Crippen molar-refractivity contribution in [2.24, 2.45) is 0 Å². The molecule has 1 aromatic carbocycles. The summed E-state index contributed by atoms with van der Waals surface area (Å²) in [6.45, 7) is 13.8. The Morgan fingerprint density at radius 1 is 1.10 bits per heavy atom. The maximum absolute atomic E-state index is 6.61. The number of nitrogens with zero attached hydrogens (tertiary/aromatic N) is 1. The normalized spacial score (nSPS) is 17.2. The quantitative estimate of drug-likeness (QED) is 0.566. The van der Waals surface area contributed by atoms with Crippen molar-refractivity contribution in [1.82, 2.24) is 4.90 Å². The lowest BCUT2D eigenvalue weighted by atomic mass is 10.2. The molecule has 0 bridgehead atoms. The third-order valence-electron chi connectivity index (χ3n) is 4.67. The lowest BCUT2D eigenvalue weighted by Crippen LogP contribution is -2.40. The summed E-state index contributed by atoms with van der Waals surface area (Å²) in [5.74, 6) is 1.05. The summed E-state index contributed by atoms with van der Waals surface area (Å²) < 4.78 is 6.61. The second-order valence-electron chi connectivity index (χ2n) is 7.46. The lowest BCUT2D eigenvalue weighted by molar-refractivity contribution is 0.422. The highest BCUT2D eigenvalue weighted by Gasteiger charge is 2.39. The SMILES string of the molecule is CC(C)(C)[Si](C)(C)O/C(=C/N1CCCC1)c1ccccc1. The molecule has 0 spiro atoms. The van der Waals surface area contributed by atoms with Crippen LogP contribution in [0.4, 0.5) is 0 Å². The van der Waals surface area contributed by atoms with E-state index in [1.54, 1.807) is 0 Å². The Hall–Kier alpha value is -1.22. The van der Waals surface area contributed by atoms with E-state index in [1.165, 1.54) is 18.4 Å². The molecule has 0 aliphatic carbocycles. The fourth-order valence-electron chi connectivity index (χ4n) is 2.23. The summed E-state index contributed by atoms with van der Waals surface area (Å²) >= 11 is 0. The van der Waals surface area contributed by atoms with Crippen LogP contribution in [0.25, 0.3) is 5.76 Å². The standard InChI is InChI=1S/C18H29NOSi/c1-18(2,3)21(4,5)20-17(15-19-13-9-10-14-19)16-11-7-6-8-12-16/h6-8,11-12,15H,9-10,13-14H2,1-5H3/b17-15+. The van der Waals surface area contributed by atoms with Crippen LogP contribution in [0.15, 0.2) is 36.5 Å². The fraction of sp³-hybridized carbons (Fsp3) is 0.556. The van der Waals surface area contributed by atoms with E-state index in [1.807, 2.05) is 0 Å². The van der Waals surface area contributed by atoms with Crippen molar-refractivity contribution in [3.05, 3.63) is 42.1 Å². The molecule has 1 aromatic rings. The van der Waals surface area contributed by atoms with E-state index in [-0.39, 0.29) is 5.04 Å². The molecular formula is C18H29NOSi. The van der Waals surface area contributed by atoms with Gasteiger partial charge in [0.1, 0.15) is 5.76 Å². The van der Waals surface area contributed by atoms with Crippen LogP contribution in [0.3, 0.4) is 0 Å². The molecule has 21 heavy (non-hydrogen) atoms. The van der Waals surface area contributed by atoms with Crippen LogP contribution < -0.4 is 0 Å². The summed E-state index contributed by atoms with van der Waals surface area (Å²) in [5.41, 5.74) is 1.19. The monoisotopic (exact) mass is 303 g/mol. The van der Waals surface area contributed by atoms with Gasteiger partial charge in [0.15, 0.2) is 0 Å². The Kier molecular flexibility index (Phi) is 4.82. The maximum atomic E-state index is 6.61. The second-order valence-corrected chi connectivity index (χ2v) is 12.2. The summed E-state index contributed by atoms with van der Waals surface area (Å²) in [5, 5.41) is 0.214. The molecule has 0 aromatic heterocycles. The van der Waals surface area contributed by atoms with Crippen molar-refractivity contribution in [2.75, 3.05) is 13.1 Å². The molecule has 2 nitrogen and oxygen atoms in total. The molecule has 0 unspecified atom stereocenters. The molecule has 1 heterocycles. The van der Waals surface area contributed by atoms with Gasteiger partial charge in [-0.2, -0.15) is 0 Å². The second kappa shape index (κ2) is 6.26. The Bertz CT molecular complexity index is 482. The number of hydrogen-bond acceptors (Lipinski definition) is 2. The van der Waals surface area contributed by atoms with Gasteiger partial charge < -0.3 is 9.33 Å². The molecule has 1 aliphatic rings. The Morgan fingerprint density at radius 3 is 2.19 bits per heavy atom. The van der Waals surface area contributed by atoms with Crippen molar-refractivity contribution in [2.45, 2.75) is 51.7 Å². The maximum Gasteiger partial charge on any atom is 0.250 e. The van der Waals surface area contributed by atoms with Crippen molar-refractivity contribution in [3.8, 4) is 0 Å². The summed E-state index contributed by atoms with van der Waals surface area (Å²) in [6.07, 6.45) is 4.82. The van der Waals surface area contributed by atoms with Gasteiger partial charge in [-0.3, -0.25) is 0 Å². The highest BCUT2D eigenvalue weighted by atomic mass is 28.4. The summed E-state index contributed by atoms with van der Waals surface area (Å²) in [4.78, 5) is 2.40. The highest BCUT2D eigenvalue weighted by Crippen LogP contribution is 2.39. The van der Waals surface area contributed by atoms with Crippen LogP contribution in [-0.2, 0) is 4.43 Å². The van der Waals surface area contributed by atoms with Gasteiger partial charge in [0.2, 0.25) is 0 Å². The van der Waals surface area contributed by atoms with Gasteiger partial charge in [-0.1, -0.05) is 51.1 Å². The molecule has 2 rings (SSSR count). The molecular weight excluding hydrogens is 274 g/mol. The molecule has 0 amide bonds. The first kappa shape index (κ1) is 16.2. The molecule has 1 aliphatic heterocycles. The Morgan fingerprint density at radius 2 is 1.67 bits per heavy atom. The van der Waals surface area contributed by atoms with E-state index in [9.17, 15) is 0 Å². The molecule has 0 saturated carbocycles. The van der Waals surface area contributed by atoms with E-state index < -0.39 is 8.32 Å². The number of hydrogen-bond donors (Lipinski definition) is 0. The Labute approximate surface area is 130 Å². The first-order chi connectivity index (χ1) is 9.79. The molecule has 0 N–H and O–H groups in total. The average Bonchev–Trinajstić information content (AvgIpc) is 2.90. The minimum absolute atomic E-state index is 0.214. The van der Waals surface area contributed by atoms with Crippen LogP contribution in [0.5, 0.6) is 0 Å². The number of rotatable bonds is 4. The smallest absolute Gasteiger partial charge is 0.250 e. The minimum atomic E-state index is -1.82. The highest BCUT2D eigenvalue weighted by molar-refractivity contribution is 6.74. The van der Waals surface area contributed by atoms with Crippen LogP contribution in [-0.4, -0.2) is 26.3 Å². The van der Waals surface area contributed by atoms with E-state index in [0.717, 1.165) is 18.8 Å². The zero-order chi connectivity index (χ0) is 15.5. The summed E-state index contributed by atoms with van der Waals surface area (Å²) in [6, 6.07) is 10.5. The van der Waals surface area contributed by atoms with Crippen LogP contribution >= 0.6 is 0 Å². The van der Waals surface area contributed by atoms with Gasteiger partial charge >= 0.3 is 0 Å². The first-order valence-electron chi connectivity index (χ1n) is 8.00. The van der Waals surface area contributed by atoms with Gasteiger partial charge in [-0.05, 0) is 31.0 Å². The third kappa shape index (κ3) is 4.13. The van der Waals surface area contributed by atoms with Crippen LogP contribution in [0.1, 0.15) is 39.2 Å². The van der Waals surface area contributed by atoms with Gasteiger partial charge in [-0.25, -0.2) is 0 Å². The van der Waals surface area contributed by atoms with Gasteiger partial charge in [0, 0.05) is 24.9 Å². The van der Waals surface area contributed by atoms with E-state index in [4.69, 9.17) is 4.43 Å². The van der Waals surface area contributed by atoms with Crippen molar-refractivity contribution >= 4 is 14.1 Å². The van der Waals surface area contributed by atoms with Crippen LogP contribution in [0, 0.1) is 0 Å². The molecule has 0 atom stereocenters. The Balaban J connectivity index is 2.28. The van der Waals surface area contributed by atoms with Gasteiger partial charge in [0.25, 0.3) is 8.32 Å². The minimum Gasteiger partial charge on any atom is -0.542 e. The zero-order valence-corrected chi connectivity index (χ0v) is 15.1. The number of likely N-dealkylation sites (tertiary alicyclic amines) is 1. The topological polar surface area (TPSA) is 12.5 Å². The number of benzene rings is 1. The van der Waals surface area contributed by atoms with Gasteiger partial charge in [0.05, 0.1) is 0 Å². The average molecular weight is 304 g/mol. The van der Waals surface area contributed by atoms with Crippen molar-refractivity contribution < 1.29 is 4.43 Å². The largest absolute Gasteiger partial charge is 0.542 e. The first-order valence-corrected chi connectivity index (χ1v) is 10.9. The van der Waals surface area contributed by atoms with Gasteiger partial charge in [-0.15, -0.1) is 0 Å². The lowest BCUT2D eigenvalue weighted by Gasteiger charge is -2.37. The zero-order valence-electron chi connectivity index (χ0n) is 14.1. The van der Waals surface area contributed by atoms with Crippen molar-refractivity contribution in [3.63, 3.8) is 0 Å². The molecule has 1 saturated heterocycles. The fourth-order valence-corrected chi connectivity index (χ4v) is 3.25. The molecule has 1 fully saturated rings. The van der Waals surface area contributed by atoms with E-state index in [2.05, 4.69) is 75.3 Å². The summed E-state index contributed by atoms with van der Waals surface area (Å²) in [7, 11) is -1.82. The van der Waals surface area contributed by atoms with E-state index >= 15 is 0 Å². The van der Waals surface area contributed by atoms with E-state index in [0.29, 0.717) is 0 Å². The molecule has 0 radical (unpaired) electrons. The molecule has 116 valence electrons. The third-order valence-corrected chi connectivity index (χ3v) is 9.01.